The van der Waals surface area contributed by atoms with Gasteiger partial charge in [0.15, 0.2) is 11.5 Å². The van der Waals surface area contributed by atoms with Crippen molar-refractivity contribution in [1.82, 2.24) is 5.16 Å². The average Bonchev–Trinajstić information content (AvgIpc) is 3.12. The van der Waals surface area contributed by atoms with Gasteiger partial charge in [0.2, 0.25) is 0 Å². The van der Waals surface area contributed by atoms with E-state index < -0.39 is 5.91 Å². The van der Waals surface area contributed by atoms with E-state index in [1.54, 1.807) is 37.4 Å². The molecule has 0 unspecified atom stereocenters. The second-order valence-electron chi connectivity index (χ2n) is 5.08. The van der Waals surface area contributed by atoms with Gasteiger partial charge in [0, 0.05) is 11.1 Å². The third-order valence-corrected chi connectivity index (χ3v) is 3.76. The second kappa shape index (κ2) is 7.27. The molecule has 6 nitrogen and oxygen atoms in total. The van der Waals surface area contributed by atoms with Gasteiger partial charge in [-0.05, 0) is 30.3 Å². The molecule has 0 saturated carbocycles. The van der Waals surface area contributed by atoms with Crippen molar-refractivity contribution < 1.29 is 18.8 Å². The summed E-state index contributed by atoms with van der Waals surface area (Å²) in [5.74, 6) is 1.11. The van der Waals surface area contributed by atoms with Gasteiger partial charge < -0.3 is 19.3 Å². The quantitative estimate of drug-likeness (QED) is 0.737. The number of carbonyl (C=O) groups excluding carboxylic acids is 1. The highest BCUT2D eigenvalue weighted by molar-refractivity contribution is 6.31. The smallest absolute Gasteiger partial charge is 0.277 e. The number of carbonyl (C=O) groups is 1. The first-order valence-corrected chi connectivity index (χ1v) is 7.75. The largest absolute Gasteiger partial charge is 0.496 e. The summed E-state index contributed by atoms with van der Waals surface area (Å²) in [7, 11) is 3.07. The molecule has 1 heterocycles. The molecule has 128 valence electrons. The van der Waals surface area contributed by atoms with Gasteiger partial charge in [0.1, 0.15) is 11.5 Å². The molecule has 0 saturated heterocycles. The highest BCUT2D eigenvalue weighted by Gasteiger charge is 2.17. The van der Waals surface area contributed by atoms with Crippen LogP contribution in [0.25, 0.3) is 11.3 Å². The number of nitrogens with one attached hydrogen (secondary N) is 1. The van der Waals surface area contributed by atoms with E-state index >= 15 is 0 Å². The number of methoxy groups -OCH3 is 2. The molecule has 0 radical (unpaired) electrons. The van der Waals surface area contributed by atoms with E-state index in [9.17, 15) is 4.79 Å². The van der Waals surface area contributed by atoms with Gasteiger partial charge in [-0.3, -0.25) is 4.79 Å². The number of aromatic nitrogens is 1. The van der Waals surface area contributed by atoms with Crippen molar-refractivity contribution in [3.63, 3.8) is 0 Å². The van der Waals surface area contributed by atoms with Gasteiger partial charge in [-0.1, -0.05) is 28.9 Å². The monoisotopic (exact) mass is 358 g/mol. The minimum absolute atomic E-state index is 0.128. The van der Waals surface area contributed by atoms with Crippen molar-refractivity contribution in [1.29, 1.82) is 0 Å². The molecule has 0 spiro atoms. The van der Waals surface area contributed by atoms with Gasteiger partial charge in [-0.25, -0.2) is 0 Å². The average molecular weight is 359 g/mol. The summed E-state index contributed by atoms with van der Waals surface area (Å²) in [6.07, 6.45) is 0. The highest BCUT2D eigenvalue weighted by Crippen LogP contribution is 2.31. The zero-order valence-corrected chi connectivity index (χ0v) is 14.3. The zero-order chi connectivity index (χ0) is 17.8. The van der Waals surface area contributed by atoms with E-state index in [1.807, 2.05) is 18.2 Å². The SMILES string of the molecule is COc1ccc(Cl)cc1NC(=O)c1cc(-c2ccccc2OC)on1. The fourth-order valence-corrected chi connectivity index (χ4v) is 2.49. The number of hydrogen-bond donors (Lipinski definition) is 1. The molecule has 3 rings (SSSR count). The van der Waals surface area contributed by atoms with Crippen LogP contribution in [0.1, 0.15) is 10.5 Å². The minimum Gasteiger partial charge on any atom is -0.496 e. The number of hydrogen-bond acceptors (Lipinski definition) is 5. The Bertz CT molecular complexity index is 908. The van der Waals surface area contributed by atoms with Crippen molar-refractivity contribution in [3.8, 4) is 22.8 Å². The van der Waals surface area contributed by atoms with Crippen LogP contribution in [0, 0.1) is 0 Å². The van der Waals surface area contributed by atoms with Crippen molar-refractivity contribution in [2.45, 2.75) is 0 Å². The number of anilines is 1. The number of nitrogens with zero attached hydrogens (tertiary/aromatic N) is 1. The Labute approximate surface area is 149 Å². The maximum absolute atomic E-state index is 12.4. The van der Waals surface area contributed by atoms with Crippen LogP contribution in [-0.4, -0.2) is 25.3 Å². The molecule has 1 aromatic heterocycles. The van der Waals surface area contributed by atoms with Crippen LogP contribution >= 0.6 is 11.6 Å². The molecule has 1 N–H and O–H groups in total. The molecular weight excluding hydrogens is 344 g/mol. The van der Waals surface area contributed by atoms with Gasteiger partial charge in [-0.2, -0.15) is 0 Å². The summed E-state index contributed by atoms with van der Waals surface area (Å²) < 4.78 is 15.8. The van der Waals surface area contributed by atoms with E-state index in [0.29, 0.717) is 33.5 Å². The molecule has 1 amide bonds. The molecule has 0 fully saturated rings. The Morgan fingerprint density at radius 2 is 1.84 bits per heavy atom. The Kier molecular flexibility index (Phi) is 4.90. The Morgan fingerprint density at radius 1 is 1.08 bits per heavy atom. The maximum Gasteiger partial charge on any atom is 0.277 e. The minimum atomic E-state index is -0.439. The molecule has 7 heteroatoms. The molecule has 3 aromatic rings. The highest BCUT2D eigenvalue weighted by atomic mass is 35.5. The van der Waals surface area contributed by atoms with Crippen LogP contribution in [0.5, 0.6) is 11.5 Å². The van der Waals surface area contributed by atoms with Crippen LogP contribution in [0.3, 0.4) is 0 Å². The van der Waals surface area contributed by atoms with Crippen LogP contribution in [0.4, 0.5) is 5.69 Å². The van der Waals surface area contributed by atoms with Crippen LogP contribution < -0.4 is 14.8 Å². The van der Waals surface area contributed by atoms with Crippen molar-refractivity contribution in [2.75, 3.05) is 19.5 Å². The molecule has 0 aliphatic rings. The lowest BCUT2D eigenvalue weighted by Crippen LogP contribution is -2.12. The summed E-state index contributed by atoms with van der Waals surface area (Å²) in [6.45, 7) is 0. The summed E-state index contributed by atoms with van der Waals surface area (Å²) in [5, 5.41) is 7.01. The molecule has 25 heavy (non-hydrogen) atoms. The Morgan fingerprint density at radius 3 is 2.60 bits per heavy atom. The van der Waals surface area contributed by atoms with Crippen molar-refractivity contribution in [3.05, 3.63) is 59.2 Å². The summed E-state index contributed by atoms with van der Waals surface area (Å²) in [5.41, 5.74) is 1.28. The van der Waals surface area contributed by atoms with Gasteiger partial charge in [0.05, 0.1) is 25.5 Å². The standard InChI is InChI=1S/C18H15ClN2O4/c1-23-15-6-4-3-5-12(15)17-10-14(21-25-17)18(22)20-13-9-11(19)7-8-16(13)24-2/h3-10H,1-2H3,(H,20,22). The predicted molar refractivity (Wildman–Crippen MR) is 94.4 cm³/mol. The molecule has 0 aliphatic heterocycles. The van der Waals surface area contributed by atoms with E-state index in [-0.39, 0.29) is 5.69 Å². The molecule has 2 aromatic carbocycles. The number of ether oxygens (including phenoxy) is 2. The van der Waals surface area contributed by atoms with Crippen molar-refractivity contribution >= 4 is 23.2 Å². The molecule has 0 atom stereocenters. The summed E-state index contributed by atoms with van der Waals surface area (Å²) in [4.78, 5) is 12.4. The first-order valence-electron chi connectivity index (χ1n) is 7.37. The molecular formula is C18H15ClN2O4. The number of amides is 1. The fraction of sp³-hybridized carbons (Fsp3) is 0.111. The number of rotatable bonds is 5. The predicted octanol–water partition coefficient (Wildman–Crippen LogP) is 4.26. The lowest BCUT2D eigenvalue weighted by Gasteiger charge is -2.09. The van der Waals surface area contributed by atoms with E-state index in [4.69, 9.17) is 25.6 Å². The Hall–Kier alpha value is -2.99. The number of para-hydroxylation sites is 1. The fourth-order valence-electron chi connectivity index (χ4n) is 2.32. The second-order valence-corrected chi connectivity index (χ2v) is 5.51. The van der Waals surface area contributed by atoms with Gasteiger partial charge in [0.25, 0.3) is 5.91 Å². The normalized spacial score (nSPS) is 10.4. The molecule has 0 aliphatic carbocycles. The van der Waals surface area contributed by atoms with E-state index in [0.717, 1.165) is 0 Å². The first kappa shape index (κ1) is 16.9. The summed E-state index contributed by atoms with van der Waals surface area (Å²) in [6, 6.07) is 13.8. The third-order valence-electron chi connectivity index (χ3n) is 3.52. The number of halogens is 1. The number of benzene rings is 2. The van der Waals surface area contributed by atoms with E-state index in [1.165, 1.54) is 7.11 Å². The lowest BCUT2D eigenvalue weighted by atomic mass is 10.1. The van der Waals surface area contributed by atoms with Crippen LogP contribution in [0.2, 0.25) is 5.02 Å². The van der Waals surface area contributed by atoms with Crippen molar-refractivity contribution in [2.24, 2.45) is 0 Å². The third kappa shape index (κ3) is 3.59. The van der Waals surface area contributed by atoms with Gasteiger partial charge >= 0.3 is 0 Å². The van der Waals surface area contributed by atoms with Crippen LogP contribution in [0.15, 0.2) is 53.1 Å². The first-order chi connectivity index (χ1) is 12.1. The lowest BCUT2D eigenvalue weighted by molar-refractivity contribution is 0.101. The van der Waals surface area contributed by atoms with Crippen LogP contribution in [-0.2, 0) is 0 Å². The summed E-state index contributed by atoms with van der Waals surface area (Å²) >= 11 is 5.97. The zero-order valence-electron chi connectivity index (χ0n) is 13.6. The maximum atomic E-state index is 12.4. The topological polar surface area (TPSA) is 73.6 Å². The molecule has 0 bridgehead atoms. The Balaban J connectivity index is 1.85. The van der Waals surface area contributed by atoms with E-state index in [2.05, 4.69) is 10.5 Å². The van der Waals surface area contributed by atoms with Gasteiger partial charge in [-0.15, -0.1) is 0 Å².